The molecule has 7 heteroatoms. The zero-order chi connectivity index (χ0) is 13.1. The number of ether oxygens (including phenoxy) is 1. The maximum atomic E-state index is 11.2. The highest BCUT2D eigenvalue weighted by Gasteiger charge is 2.02. The number of methoxy groups -OCH3 is 1. The Balaban J connectivity index is 3.30. The van der Waals surface area contributed by atoms with Crippen molar-refractivity contribution in [3.63, 3.8) is 0 Å². The van der Waals surface area contributed by atoms with Crippen LogP contribution in [0.25, 0.3) is 0 Å². The zero-order valence-corrected chi connectivity index (χ0v) is 11.3. The SMILES string of the molecule is COCCNC(=O)CCNCCCS(C)(=O)=O. The molecule has 6 nitrogen and oxygen atoms in total. The molecule has 102 valence electrons. The summed E-state index contributed by atoms with van der Waals surface area (Å²) >= 11 is 0. The highest BCUT2D eigenvalue weighted by Crippen LogP contribution is 1.87. The smallest absolute Gasteiger partial charge is 0.221 e. The normalized spacial score (nSPS) is 11.4. The van der Waals surface area contributed by atoms with Crippen LogP contribution in [-0.4, -0.2) is 59.7 Å². The number of hydrogen-bond donors (Lipinski definition) is 2. The molecule has 0 bridgehead atoms. The largest absolute Gasteiger partial charge is 0.383 e. The Morgan fingerprint density at radius 3 is 2.53 bits per heavy atom. The van der Waals surface area contributed by atoms with Crippen molar-refractivity contribution in [1.29, 1.82) is 0 Å². The van der Waals surface area contributed by atoms with Crippen LogP contribution >= 0.6 is 0 Å². The van der Waals surface area contributed by atoms with Gasteiger partial charge in [-0.1, -0.05) is 0 Å². The summed E-state index contributed by atoms with van der Waals surface area (Å²) < 4.78 is 26.4. The molecule has 0 aliphatic rings. The first kappa shape index (κ1) is 16.3. The average molecular weight is 266 g/mol. The number of amides is 1. The third kappa shape index (κ3) is 13.3. The molecule has 0 fully saturated rings. The van der Waals surface area contributed by atoms with Crippen molar-refractivity contribution in [2.24, 2.45) is 0 Å². The predicted octanol–water partition coefficient (Wildman–Crippen LogP) is -0.837. The monoisotopic (exact) mass is 266 g/mol. The second-order valence-corrected chi connectivity index (χ2v) is 6.09. The number of carbonyl (C=O) groups excluding carboxylic acids is 1. The third-order valence-electron chi connectivity index (χ3n) is 2.03. The van der Waals surface area contributed by atoms with Crippen LogP contribution in [0.4, 0.5) is 0 Å². The van der Waals surface area contributed by atoms with Crippen molar-refractivity contribution < 1.29 is 17.9 Å². The van der Waals surface area contributed by atoms with Gasteiger partial charge in [0.25, 0.3) is 0 Å². The molecule has 0 spiro atoms. The van der Waals surface area contributed by atoms with Crippen LogP contribution in [0.2, 0.25) is 0 Å². The van der Waals surface area contributed by atoms with Gasteiger partial charge in [0.1, 0.15) is 9.84 Å². The summed E-state index contributed by atoms with van der Waals surface area (Å²) in [5.41, 5.74) is 0. The van der Waals surface area contributed by atoms with Crippen LogP contribution in [0.1, 0.15) is 12.8 Å². The van der Waals surface area contributed by atoms with Gasteiger partial charge in [0.05, 0.1) is 12.4 Å². The Morgan fingerprint density at radius 2 is 1.94 bits per heavy atom. The fourth-order valence-electron chi connectivity index (χ4n) is 1.17. The molecule has 2 N–H and O–H groups in total. The van der Waals surface area contributed by atoms with E-state index in [1.807, 2.05) is 0 Å². The lowest BCUT2D eigenvalue weighted by molar-refractivity contribution is -0.121. The summed E-state index contributed by atoms with van der Waals surface area (Å²) in [5.74, 6) is 0.151. The van der Waals surface area contributed by atoms with Gasteiger partial charge in [-0.15, -0.1) is 0 Å². The van der Waals surface area contributed by atoms with Crippen LogP contribution < -0.4 is 10.6 Å². The summed E-state index contributed by atoms with van der Waals surface area (Å²) in [7, 11) is -1.30. The van der Waals surface area contributed by atoms with Crippen molar-refractivity contribution in [1.82, 2.24) is 10.6 Å². The molecule has 0 rings (SSSR count). The number of rotatable bonds is 10. The van der Waals surface area contributed by atoms with Gasteiger partial charge in [0.2, 0.25) is 5.91 Å². The van der Waals surface area contributed by atoms with E-state index in [4.69, 9.17) is 4.74 Å². The Kier molecular flexibility index (Phi) is 9.01. The molecule has 1 amide bonds. The minimum Gasteiger partial charge on any atom is -0.383 e. The Hall–Kier alpha value is -0.660. The number of nitrogens with one attached hydrogen (secondary N) is 2. The van der Waals surface area contributed by atoms with E-state index in [0.717, 1.165) is 0 Å². The molecular weight excluding hydrogens is 244 g/mol. The van der Waals surface area contributed by atoms with Crippen LogP contribution in [0.15, 0.2) is 0 Å². The summed E-state index contributed by atoms with van der Waals surface area (Å²) in [6.07, 6.45) is 2.18. The fraction of sp³-hybridized carbons (Fsp3) is 0.900. The molecule has 0 unspecified atom stereocenters. The predicted molar refractivity (Wildman–Crippen MR) is 66.7 cm³/mol. The fourth-order valence-corrected chi connectivity index (χ4v) is 1.84. The van der Waals surface area contributed by atoms with Crippen LogP contribution in [0, 0.1) is 0 Å². The lowest BCUT2D eigenvalue weighted by atomic mass is 10.4. The van der Waals surface area contributed by atoms with E-state index in [-0.39, 0.29) is 11.7 Å². The molecule has 0 aliphatic heterocycles. The minimum absolute atomic E-state index is 0.0299. The summed E-state index contributed by atoms with van der Waals surface area (Å²) in [6, 6.07) is 0. The maximum absolute atomic E-state index is 11.2. The van der Waals surface area contributed by atoms with E-state index in [0.29, 0.717) is 39.1 Å². The van der Waals surface area contributed by atoms with Crippen molar-refractivity contribution in [3.05, 3.63) is 0 Å². The highest BCUT2D eigenvalue weighted by atomic mass is 32.2. The van der Waals surface area contributed by atoms with E-state index in [2.05, 4.69) is 10.6 Å². The molecule has 0 heterocycles. The van der Waals surface area contributed by atoms with Gasteiger partial charge in [0, 0.05) is 32.9 Å². The van der Waals surface area contributed by atoms with Gasteiger partial charge < -0.3 is 15.4 Å². The second kappa shape index (κ2) is 9.38. The molecule has 0 atom stereocenters. The lowest BCUT2D eigenvalue weighted by Gasteiger charge is -2.05. The first-order valence-corrected chi connectivity index (χ1v) is 7.66. The van der Waals surface area contributed by atoms with Gasteiger partial charge >= 0.3 is 0 Å². The molecular formula is C10H22N2O4S. The molecule has 0 radical (unpaired) electrons. The van der Waals surface area contributed by atoms with Crippen LogP contribution in [-0.2, 0) is 19.4 Å². The lowest BCUT2D eigenvalue weighted by Crippen LogP contribution is -2.30. The summed E-state index contributed by atoms with van der Waals surface area (Å²) in [5, 5.41) is 5.72. The van der Waals surface area contributed by atoms with Crippen LogP contribution in [0.5, 0.6) is 0 Å². The molecule has 0 saturated carbocycles. The van der Waals surface area contributed by atoms with Gasteiger partial charge in [-0.3, -0.25) is 4.79 Å². The van der Waals surface area contributed by atoms with E-state index >= 15 is 0 Å². The van der Waals surface area contributed by atoms with E-state index in [9.17, 15) is 13.2 Å². The van der Waals surface area contributed by atoms with E-state index in [1.165, 1.54) is 6.26 Å². The Bertz CT molecular complexity index is 303. The van der Waals surface area contributed by atoms with Crippen LogP contribution in [0.3, 0.4) is 0 Å². The summed E-state index contributed by atoms with van der Waals surface area (Å²) in [6.45, 7) is 2.19. The molecule has 0 aromatic heterocycles. The van der Waals surface area contributed by atoms with E-state index in [1.54, 1.807) is 7.11 Å². The first-order chi connectivity index (χ1) is 7.95. The highest BCUT2D eigenvalue weighted by molar-refractivity contribution is 7.90. The van der Waals surface area contributed by atoms with Gasteiger partial charge in [-0.05, 0) is 13.0 Å². The second-order valence-electron chi connectivity index (χ2n) is 3.83. The van der Waals surface area contributed by atoms with Gasteiger partial charge in [-0.25, -0.2) is 8.42 Å². The van der Waals surface area contributed by atoms with Crippen molar-refractivity contribution in [3.8, 4) is 0 Å². The van der Waals surface area contributed by atoms with Crippen molar-refractivity contribution in [2.45, 2.75) is 12.8 Å². The standard InChI is InChI=1S/C10H22N2O4S/c1-16-8-7-12-10(13)4-6-11-5-3-9-17(2,14)15/h11H,3-9H2,1-2H3,(H,12,13). The average Bonchev–Trinajstić information content (AvgIpc) is 2.22. The summed E-state index contributed by atoms with van der Waals surface area (Å²) in [4.78, 5) is 11.2. The van der Waals surface area contributed by atoms with E-state index < -0.39 is 9.84 Å². The number of carbonyl (C=O) groups is 1. The zero-order valence-electron chi connectivity index (χ0n) is 10.5. The van der Waals surface area contributed by atoms with Gasteiger partial charge in [-0.2, -0.15) is 0 Å². The maximum Gasteiger partial charge on any atom is 0.221 e. The topological polar surface area (TPSA) is 84.5 Å². The van der Waals surface area contributed by atoms with Gasteiger partial charge in [0.15, 0.2) is 0 Å². The quantitative estimate of drug-likeness (QED) is 0.504. The number of sulfone groups is 1. The minimum atomic E-state index is -2.88. The molecule has 17 heavy (non-hydrogen) atoms. The molecule has 0 aromatic rings. The molecule has 0 saturated heterocycles. The third-order valence-corrected chi connectivity index (χ3v) is 3.06. The number of hydrogen-bond acceptors (Lipinski definition) is 5. The van der Waals surface area contributed by atoms with Crippen molar-refractivity contribution in [2.75, 3.05) is 45.4 Å². The first-order valence-electron chi connectivity index (χ1n) is 5.60. The molecule has 0 aliphatic carbocycles. The molecule has 0 aromatic carbocycles. The Morgan fingerprint density at radius 1 is 1.24 bits per heavy atom. The van der Waals surface area contributed by atoms with Crippen molar-refractivity contribution >= 4 is 15.7 Å². The Labute approximate surface area is 103 Å².